The van der Waals surface area contributed by atoms with Gasteiger partial charge in [0.25, 0.3) is 0 Å². The third-order valence-corrected chi connectivity index (χ3v) is 5.59. The summed E-state index contributed by atoms with van der Waals surface area (Å²) in [7, 11) is 0. The molecule has 2 nitrogen and oxygen atoms in total. The van der Waals surface area contributed by atoms with Crippen LogP contribution in [0.25, 0.3) is 9.40 Å². The lowest BCUT2D eigenvalue weighted by molar-refractivity contribution is 0.602. The maximum atomic E-state index is 4.31. The fraction of sp³-hybridized carbons (Fsp3) is 0.312. The van der Waals surface area contributed by atoms with Gasteiger partial charge in [0.15, 0.2) is 0 Å². The maximum absolute atomic E-state index is 4.31. The van der Waals surface area contributed by atoms with E-state index < -0.39 is 0 Å². The Morgan fingerprint density at radius 2 is 2.20 bits per heavy atom. The van der Waals surface area contributed by atoms with Gasteiger partial charge in [-0.3, -0.25) is 4.98 Å². The molecule has 3 rings (SSSR count). The Morgan fingerprint density at radius 1 is 1.30 bits per heavy atom. The zero-order valence-corrected chi connectivity index (χ0v) is 13.4. The van der Waals surface area contributed by atoms with Crippen LogP contribution in [0, 0.1) is 6.92 Å². The summed E-state index contributed by atoms with van der Waals surface area (Å²) in [4.78, 5) is 5.69. The molecule has 0 bridgehead atoms. The second-order valence-electron chi connectivity index (χ2n) is 4.92. The summed E-state index contributed by atoms with van der Waals surface area (Å²) in [5, 5.41) is 5.83. The molecule has 3 heterocycles. The molecule has 0 saturated carbocycles. The van der Waals surface area contributed by atoms with E-state index in [4.69, 9.17) is 0 Å². The molecule has 3 aromatic rings. The number of nitrogens with one attached hydrogen (secondary N) is 1. The molecule has 1 N–H and O–H groups in total. The smallest absolute Gasteiger partial charge is 0.0689 e. The van der Waals surface area contributed by atoms with Crippen LogP contribution in [0.2, 0.25) is 0 Å². The second kappa shape index (κ2) is 6.04. The average Bonchev–Trinajstić information content (AvgIpc) is 3.02. The molecule has 0 amide bonds. The molecule has 0 spiro atoms. The van der Waals surface area contributed by atoms with Gasteiger partial charge in [-0.25, -0.2) is 0 Å². The molecule has 0 aromatic carbocycles. The highest BCUT2D eigenvalue weighted by Gasteiger charge is 2.18. The molecule has 4 heteroatoms. The molecule has 0 aliphatic heterocycles. The van der Waals surface area contributed by atoms with Crippen LogP contribution in [0.4, 0.5) is 0 Å². The van der Waals surface area contributed by atoms with Crippen molar-refractivity contribution < 1.29 is 0 Å². The number of aryl methyl sites for hydroxylation is 1. The molecule has 0 radical (unpaired) electrons. The fourth-order valence-electron chi connectivity index (χ4n) is 2.36. The van der Waals surface area contributed by atoms with Crippen LogP contribution >= 0.6 is 22.7 Å². The minimum absolute atomic E-state index is 0.258. The topological polar surface area (TPSA) is 24.9 Å². The SMILES string of the molecule is CCCNC(c1cc2sccc2s1)c1cnccc1C. The van der Waals surface area contributed by atoms with Gasteiger partial charge in [0.1, 0.15) is 0 Å². The normalized spacial score (nSPS) is 12.9. The summed E-state index contributed by atoms with van der Waals surface area (Å²) in [6.45, 7) is 5.38. The van der Waals surface area contributed by atoms with E-state index in [1.54, 1.807) is 0 Å². The number of nitrogens with zero attached hydrogens (tertiary/aromatic N) is 1. The van der Waals surface area contributed by atoms with Crippen LogP contribution < -0.4 is 5.32 Å². The first kappa shape index (κ1) is 13.7. The molecule has 1 unspecified atom stereocenters. The lowest BCUT2D eigenvalue weighted by atomic mass is 10.0. The highest BCUT2D eigenvalue weighted by Crippen LogP contribution is 2.36. The van der Waals surface area contributed by atoms with E-state index in [0.29, 0.717) is 0 Å². The number of hydrogen-bond acceptors (Lipinski definition) is 4. The van der Waals surface area contributed by atoms with Gasteiger partial charge in [-0.1, -0.05) is 6.92 Å². The number of pyridine rings is 1. The van der Waals surface area contributed by atoms with E-state index in [9.17, 15) is 0 Å². The summed E-state index contributed by atoms with van der Waals surface area (Å²) in [6.07, 6.45) is 4.99. The van der Waals surface area contributed by atoms with Crippen molar-refractivity contribution in [3.63, 3.8) is 0 Å². The first-order chi connectivity index (χ1) is 9.79. The maximum Gasteiger partial charge on any atom is 0.0689 e. The van der Waals surface area contributed by atoms with Gasteiger partial charge in [-0.2, -0.15) is 0 Å². The molecule has 0 aliphatic carbocycles. The Hall–Kier alpha value is -1.23. The van der Waals surface area contributed by atoms with Gasteiger partial charge in [0.05, 0.1) is 6.04 Å². The van der Waals surface area contributed by atoms with Gasteiger partial charge in [-0.15, -0.1) is 22.7 Å². The van der Waals surface area contributed by atoms with Crippen molar-refractivity contribution in [2.24, 2.45) is 0 Å². The Balaban J connectivity index is 2.01. The van der Waals surface area contributed by atoms with Crippen LogP contribution in [-0.4, -0.2) is 11.5 Å². The van der Waals surface area contributed by atoms with E-state index in [1.165, 1.54) is 25.4 Å². The minimum Gasteiger partial charge on any atom is -0.306 e. The zero-order valence-electron chi connectivity index (χ0n) is 11.7. The van der Waals surface area contributed by atoms with Gasteiger partial charge in [-0.05, 0) is 54.6 Å². The molecule has 3 aromatic heterocycles. The summed E-state index contributed by atoms with van der Waals surface area (Å²) >= 11 is 3.70. The van der Waals surface area contributed by atoms with Gasteiger partial charge in [0.2, 0.25) is 0 Å². The average molecular weight is 302 g/mol. The number of rotatable bonds is 5. The van der Waals surface area contributed by atoms with Crippen molar-refractivity contribution in [2.75, 3.05) is 6.54 Å². The second-order valence-corrected chi connectivity index (χ2v) is 6.98. The van der Waals surface area contributed by atoms with E-state index in [1.807, 2.05) is 35.1 Å². The number of fused-ring (bicyclic) bond motifs is 1. The first-order valence-corrected chi connectivity index (χ1v) is 8.60. The molecule has 1 atom stereocenters. The van der Waals surface area contributed by atoms with Crippen LogP contribution in [0.5, 0.6) is 0 Å². The van der Waals surface area contributed by atoms with Gasteiger partial charge >= 0.3 is 0 Å². The molecule has 0 aliphatic rings. The summed E-state index contributed by atoms with van der Waals surface area (Å²) in [6, 6.07) is 6.88. The Labute approximate surface area is 127 Å². The van der Waals surface area contributed by atoms with Crippen LogP contribution in [0.15, 0.2) is 36.0 Å². The summed E-state index contributed by atoms with van der Waals surface area (Å²) < 4.78 is 2.77. The predicted octanol–water partition coefficient (Wildman–Crippen LogP) is 4.76. The van der Waals surface area contributed by atoms with Crippen molar-refractivity contribution >= 4 is 32.1 Å². The molecule has 20 heavy (non-hydrogen) atoms. The van der Waals surface area contributed by atoms with Crippen molar-refractivity contribution in [1.82, 2.24) is 10.3 Å². The Kier molecular flexibility index (Phi) is 4.15. The highest BCUT2D eigenvalue weighted by molar-refractivity contribution is 7.27. The molecular weight excluding hydrogens is 284 g/mol. The quantitative estimate of drug-likeness (QED) is 0.735. The minimum atomic E-state index is 0.258. The number of thiophene rings is 2. The van der Waals surface area contributed by atoms with E-state index in [0.717, 1.165) is 13.0 Å². The van der Waals surface area contributed by atoms with E-state index in [-0.39, 0.29) is 6.04 Å². The van der Waals surface area contributed by atoms with E-state index in [2.05, 4.69) is 47.7 Å². The van der Waals surface area contributed by atoms with Crippen molar-refractivity contribution in [3.8, 4) is 0 Å². The molecular formula is C16H18N2S2. The number of hydrogen-bond donors (Lipinski definition) is 1. The molecule has 0 saturated heterocycles. The third-order valence-electron chi connectivity index (χ3n) is 3.43. The predicted molar refractivity (Wildman–Crippen MR) is 88.8 cm³/mol. The molecule has 104 valence electrons. The van der Waals surface area contributed by atoms with Crippen LogP contribution in [-0.2, 0) is 0 Å². The highest BCUT2D eigenvalue weighted by atomic mass is 32.1. The lowest BCUT2D eigenvalue weighted by Crippen LogP contribution is -2.23. The third kappa shape index (κ3) is 2.64. The van der Waals surface area contributed by atoms with Gasteiger partial charge < -0.3 is 5.32 Å². The van der Waals surface area contributed by atoms with Crippen LogP contribution in [0.1, 0.15) is 35.4 Å². The van der Waals surface area contributed by atoms with Crippen molar-refractivity contribution in [1.29, 1.82) is 0 Å². The molecule has 0 fully saturated rings. The Morgan fingerprint density at radius 3 is 2.95 bits per heavy atom. The lowest BCUT2D eigenvalue weighted by Gasteiger charge is -2.19. The first-order valence-electron chi connectivity index (χ1n) is 6.90. The zero-order chi connectivity index (χ0) is 13.9. The standard InChI is InChI=1S/C16H18N2S2/c1-3-6-18-16(12-10-17-7-4-11(12)2)15-9-14-13(20-15)5-8-19-14/h4-5,7-10,16,18H,3,6H2,1-2H3. The van der Waals surface area contributed by atoms with Crippen molar-refractivity contribution in [3.05, 3.63) is 52.0 Å². The largest absolute Gasteiger partial charge is 0.306 e. The summed E-state index contributed by atoms with van der Waals surface area (Å²) in [5.41, 5.74) is 2.58. The number of aromatic nitrogens is 1. The van der Waals surface area contributed by atoms with Crippen molar-refractivity contribution in [2.45, 2.75) is 26.3 Å². The van der Waals surface area contributed by atoms with Crippen LogP contribution in [0.3, 0.4) is 0 Å². The van der Waals surface area contributed by atoms with E-state index >= 15 is 0 Å². The monoisotopic (exact) mass is 302 g/mol. The van der Waals surface area contributed by atoms with Gasteiger partial charge in [0, 0.05) is 26.7 Å². The fourth-order valence-corrected chi connectivity index (χ4v) is 4.57. The summed E-state index contributed by atoms with van der Waals surface area (Å²) in [5.74, 6) is 0. The Bertz CT molecular complexity index is 671.